The minimum atomic E-state index is 0.552. The molecule has 1 aromatic rings. The number of nitrogens with zero attached hydrogens (tertiary/aromatic N) is 3. The highest BCUT2D eigenvalue weighted by atomic mass is 35.5. The van der Waals surface area contributed by atoms with Gasteiger partial charge in [-0.2, -0.15) is 0 Å². The molecule has 2 aliphatic rings. The first-order chi connectivity index (χ1) is 9.22. The molecule has 4 nitrogen and oxygen atoms in total. The zero-order valence-corrected chi connectivity index (χ0v) is 11.9. The average Bonchev–Trinajstić information content (AvgIpc) is 2.43. The number of piperidine rings is 1. The predicted molar refractivity (Wildman–Crippen MR) is 78.1 cm³/mol. The lowest BCUT2D eigenvalue weighted by Crippen LogP contribution is -2.54. The summed E-state index contributed by atoms with van der Waals surface area (Å²) in [5.41, 5.74) is 6.65. The SMILES string of the molecule is Nc1ccc(Cl)c(CN2CCN3CCCCC3C2)n1. The van der Waals surface area contributed by atoms with Crippen molar-refractivity contribution in [1.29, 1.82) is 0 Å². The van der Waals surface area contributed by atoms with Crippen molar-refractivity contribution in [3.63, 3.8) is 0 Å². The fraction of sp³-hybridized carbons (Fsp3) is 0.643. The summed E-state index contributed by atoms with van der Waals surface area (Å²) in [6, 6.07) is 4.32. The highest BCUT2D eigenvalue weighted by Gasteiger charge is 2.29. The van der Waals surface area contributed by atoms with Crippen molar-refractivity contribution in [2.75, 3.05) is 31.9 Å². The first kappa shape index (κ1) is 13.2. The van der Waals surface area contributed by atoms with Crippen LogP contribution in [0.5, 0.6) is 0 Å². The first-order valence-electron chi connectivity index (χ1n) is 7.09. The monoisotopic (exact) mass is 280 g/mol. The maximum Gasteiger partial charge on any atom is 0.123 e. The van der Waals surface area contributed by atoms with Gasteiger partial charge in [0.1, 0.15) is 5.82 Å². The van der Waals surface area contributed by atoms with Crippen molar-refractivity contribution < 1.29 is 0 Å². The molecule has 0 saturated carbocycles. The maximum atomic E-state index is 6.20. The van der Waals surface area contributed by atoms with Crippen molar-refractivity contribution in [2.45, 2.75) is 31.8 Å². The van der Waals surface area contributed by atoms with E-state index in [2.05, 4.69) is 14.8 Å². The second kappa shape index (κ2) is 5.65. The quantitative estimate of drug-likeness (QED) is 0.900. The highest BCUT2D eigenvalue weighted by molar-refractivity contribution is 6.31. The van der Waals surface area contributed by atoms with Crippen LogP contribution < -0.4 is 5.73 Å². The molecule has 0 amide bonds. The van der Waals surface area contributed by atoms with Crippen molar-refractivity contribution in [3.05, 3.63) is 22.8 Å². The summed E-state index contributed by atoms with van der Waals surface area (Å²) in [5.74, 6) is 0.552. The van der Waals surface area contributed by atoms with Crippen LogP contribution >= 0.6 is 11.6 Å². The Labute approximate surface area is 119 Å². The minimum absolute atomic E-state index is 0.552. The molecule has 5 heteroatoms. The second-order valence-corrected chi connectivity index (χ2v) is 5.99. The number of pyridine rings is 1. The molecule has 0 radical (unpaired) electrons. The molecule has 0 aliphatic carbocycles. The number of nitrogens with two attached hydrogens (primary N) is 1. The number of hydrogen-bond donors (Lipinski definition) is 1. The first-order valence-corrected chi connectivity index (χ1v) is 7.47. The van der Waals surface area contributed by atoms with Crippen molar-refractivity contribution in [2.24, 2.45) is 0 Å². The van der Waals surface area contributed by atoms with Gasteiger partial charge in [0.05, 0.1) is 10.7 Å². The molecule has 2 saturated heterocycles. The van der Waals surface area contributed by atoms with Crippen LogP contribution in [-0.2, 0) is 6.54 Å². The van der Waals surface area contributed by atoms with E-state index in [1.54, 1.807) is 6.07 Å². The van der Waals surface area contributed by atoms with E-state index in [0.717, 1.165) is 36.4 Å². The topological polar surface area (TPSA) is 45.4 Å². The third kappa shape index (κ3) is 3.02. The van der Waals surface area contributed by atoms with E-state index < -0.39 is 0 Å². The third-order valence-corrected chi connectivity index (χ3v) is 4.58. The smallest absolute Gasteiger partial charge is 0.123 e. The van der Waals surface area contributed by atoms with Crippen LogP contribution in [0.3, 0.4) is 0 Å². The molecule has 0 spiro atoms. The zero-order chi connectivity index (χ0) is 13.2. The Balaban J connectivity index is 1.65. The molecule has 1 aromatic heterocycles. The van der Waals surface area contributed by atoms with Gasteiger partial charge in [0.2, 0.25) is 0 Å². The number of aromatic nitrogens is 1. The summed E-state index contributed by atoms with van der Waals surface area (Å²) in [7, 11) is 0. The predicted octanol–water partition coefficient (Wildman–Crippen LogP) is 1.99. The van der Waals surface area contributed by atoms with Gasteiger partial charge in [-0.25, -0.2) is 4.98 Å². The van der Waals surface area contributed by atoms with Crippen molar-refractivity contribution in [1.82, 2.24) is 14.8 Å². The molecule has 0 aromatic carbocycles. The maximum absolute atomic E-state index is 6.20. The largest absolute Gasteiger partial charge is 0.384 e. The van der Waals surface area contributed by atoms with Crippen LogP contribution in [0.25, 0.3) is 0 Å². The molecule has 2 fully saturated rings. The number of anilines is 1. The number of halogens is 1. The van der Waals surface area contributed by atoms with Crippen LogP contribution in [0.1, 0.15) is 25.0 Å². The Morgan fingerprint density at radius 2 is 2.16 bits per heavy atom. The van der Waals surface area contributed by atoms with Crippen molar-refractivity contribution in [3.8, 4) is 0 Å². The molecule has 104 valence electrons. The number of fused-ring (bicyclic) bond motifs is 1. The van der Waals surface area contributed by atoms with Crippen LogP contribution in [0, 0.1) is 0 Å². The Kier molecular flexibility index (Phi) is 3.91. The van der Waals surface area contributed by atoms with Gasteiger partial charge < -0.3 is 5.73 Å². The summed E-state index contributed by atoms with van der Waals surface area (Å²) >= 11 is 6.20. The van der Waals surface area contributed by atoms with Crippen LogP contribution in [0.4, 0.5) is 5.82 Å². The van der Waals surface area contributed by atoms with E-state index in [1.165, 1.54) is 32.4 Å². The lowest BCUT2D eigenvalue weighted by molar-refractivity contribution is 0.0451. The molecule has 1 unspecified atom stereocenters. The van der Waals surface area contributed by atoms with Gasteiger partial charge in [0, 0.05) is 32.2 Å². The summed E-state index contributed by atoms with van der Waals surface area (Å²) in [6.07, 6.45) is 4.06. The van der Waals surface area contributed by atoms with Gasteiger partial charge in [-0.1, -0.05) is 18.0 Å². The van der Waals surface area contributed by atoms with Gasteiger partial charge >= 0.3 is 0 Å². The Hall–Kier alpha value is -0.840. The van der Waals surface area contributed by atoms with E-state index in [-0.39, 0.29) is 0 Å². The van der Waals surface area contributed by atoms with Gasteiger partial charge in [0.25, 0.3) is 0 Å². The number of nitrogen functional groups attached to an aromatic ring is 1. The number of rotatable bonds is 2. The van der Waals surface area contributed by atoms with E-state index in [9.17, 15) is 0 Å². The van der Waals surface area contributed by atoms with Gasteiger partial charge in [-0.3, -0.25) is 9.80 Å². The molecular weight excluding hydrogens is 260 g/mol. The number of hydrogen-bond acceptors (Lipinski definition) is 4. The van der Waals surface area contributed by atoms with Crippen LogP contribution in [0.15, 0.2) is 12.1 Å². The van der Waals surface area contributed by atoms with E-state index in [0.29, 0.717) is 5.82 Å². The van der Waals surface area contributed by atoms with Crippen LogP contribution in [0.2, 0.25) is 5.02 Å². The zero-order valence-electron chi connectivity index (χ0n) is 11.2. The van der Waals surface area contributed by atoms with Gasteiger partial charge in [-0.15, -0.1) is 0 Å². The average molecular weight is 281 g/mol. The Bertz CT molecular complexity index is 451. The lowest BCUT2D eigenvalue weighted by Gasteiger charge is -2.44. The minimum Gasteiger partial charge on any atom is -0.384 e. The van der Waals surface area contributed by atoms with E-state index in [1.807, 2.05) is 6.07 Å². The van der Waals surface area contributed by atoms with Gasteiger partial charge in [-0.05, 0) is 31.5 Å². The summed E-state index contributed by atoms with van der Waals surface area (Å²) in [4.78, 5) is 9.45. The molecule has 2 N–H and O–H groups in total. The molecule has 3 heterocycles. The molecule has 19 heavy (non-hydrogen) atoms. The van der Waals surface area contributed by atoms with E-state index >= 15 is 0 Å². The fourth-order valence-corrected chi connectivity index (χ4v) is 3.35. The molecular formula is C14H21ClN4. The third-order valence-electron chi connectivity index (χ3n) is 4.24. The second-order valence-electron chi connectivity index (χ2n) is 5.59. The summed E-state index contributed by atoms with van der Waals surface area (Å²) < 4.78 is 0. The standard InChI is InChI=1S/C14H21ClN4/c15-12-4-5-14(16)17-13(12)10-18-7-8-19-6-2-1-3-11(19)9-18/h4-5,11H,1-3,6-10H2,(H2,16,17). The fourth-order valence-electron chi connectivity index (χ4n) is 3.19. The Morgan fingerprint density at radius 1 is 1.26 bits per heavy atom. The van der Waals surface area contributed by atoms with Gasteiger partial charge in [0.15, 0.2) is 0 Å². The van der Waals surface area contributed by atoms with E-state index in [4.69, 9.17) is 17.3 Å². The molecule has 2 aliphatic heterocycles. The lowest BCUT2D eigenvalue weighted by atomic mass is 9.99. The molecule has 0 bridgehead atoms. The Morgan fingerprint density at radius 3 is 3.05 bits per heavy atom. The molecule has 3 rings (SSSR count). The van der Waals surface area contributed by atoms with Crippen molar-refractivity contribution >= 4 is 17.4 Å². The highest BCUT2D eigenvalue weighted by Crippen LogP contribution is 2.23. The summed E-state index contributed by atoms with van der Waals surface area (Å²) in [5, 5.41) is 0.722. The summed E-state index contributed by atoms with van der Waals surface area (Å²) in [6.45, 7) is 5.49. The normalized spacial score (nSPS) is 25.2. The molecule has 1 atom stereocenters. The number of piperazine rings is 1. The van der Waals surface area contributed by atoms with Crippen LogP contribution in [-0.4, -0.2) is 47.0 Å².